The topological polar surface area (TPSA) is 27.7 Å². The summed E-state index contributed by atoms with van der Waals surface area (Å²) < 4.78 is 18.3. The predicted octanol–water partition coefficient (Wildman–Crippen LogP) is 15.8. The van der Waals surface area contributed by atoms with Crippen molar-refractivity contribution in [1.82, 2.24) is 0 Å². The first-order valence-corrected chi connectivity index (χ1v) is 21.7. The summed E-state index contributed by atoms with van der Waals surface area (Å²) in [4.78, 5) is 0. The van der Waals surface area contributed by atoms with Gasteiger partial charge in [-0.15, -0.1) is 0 Å². The number of unbranched alkanes of at least 4 members (excludes halogenated alkanes) is 30. The van der Waals surface area contributed by atoms with Gasteiger partial charge in [-0.2, -0.15) is 0 Å². The summed E-state index contributed by atoms with van der Waals surface area (Å²) in [6.07, 6.45) is 44.3. The van der Waals surface area contributed by atoms with Crippen LogP contribution in [0.5, 0.6) is 5.75 Å². The van der Waals surface area contributed by atoms with E-state index in [1.807, 2.05) is 30.3 Å². The van der Waals surface area contributed by atoms with Gasteiger partial charge >= 0.3 is 8.60 Å². The van der Waals surface area contributed by atoms with Crippen LogP contribution in [0.4, 0.5) is 0 Å². The first kappa shape index (κ1) is 43.4. The minimum absolute atomic E-state index is 0.732. The van der Waals surface area contributed by atoms with E-state index in [1.165, 1.54) is 193 Å². The maximum atomic E-state index is 6.11. The zero-order chi connectivity index (χ0) is 32.9. The van der Waals surface area contributed by atoms with Crippen molar-refractivity contribution >= 4 is 8.60 Å². The van der Waals surface area contributed by atoms with Crippen LogP contribution < -0.4 is 4.52 Å². The summed E-state index contributed by atoms with van der Waals surface area (Å²) in [5, 5.41) is 0. The standard InChI is InChI=1S/C42H79O3P/c1-3-5-7-9-11-13-15-17-19-21-23-25-27-29-31-36-40-43-46(45-42-38-34-33-35-39-42)44-41-37-32-30-28-26-24-22-20-18-16-14-12-10-8-6-4-2/h33-35,38-39H,3-32,36-37,40-41H2,1-2H3. The largest absolute Gasteiger partial charge is 0.427 e. The summed E-state index contributed by atoms with van der Waals surface area (Å²) in [7, 11) is -1.32. The molecule has 0 radical (unpaired) electrons. The molecule has 1 rings (SSSR count). The quantitative estimate of drug-likeness (QED) is 0.0521. The van der Waals surface area contributed by atoms with Crippen molar-refractivity contribution in [2.75, 3.05) is 13.2 Å². The number of para-hydroxylation sites is 1. The molecule has 0 bridgehead atoms. The van der Waals surface area contributed by atoms with Crippen molar-refractivity contribution in [3.05, 3.63) is 30.3 Å². The molecule has 0 atom stereocenters. The van der Waals surface area contributed by atoms with Gasteiger partial charge in [0.2, 0.25) is 0 Å². The molecule has 0 amide bonds. The lowest BCUT2D eigenvalue weighted by molar-refractivity contribution is 0.198. The van der Waals surface area contributed by atoms with Crippen molar-refractivity contribution in [2.45, 2.75) is 219 Å². The maximum absolute atomic E-state index is 6.11. The highest BCUT2D eigenvalue weighted by Gasteiger charge is 2.14. The van der Waals surface area contributed by atoms with Crippen molar-refractivity contribution in [2.24, 2.45) is 0 Å². The smallest absolute Gasteiger partial charge is 0.397 e. The van der Waals surface area contributed by atoms with Crippen LogP contribution in [-0.2, 0) is 9.05 Å². The SMILES string of the molecule is CCCCCCCCCCCCCCCCCCOP(OCCCCCCCCCCCCCCCCCC)Oc1ccccc1. The van der Waals surface area contributed by atoms with Crippen LogP contribution in [0.3, 0.4) is 0 Å². The summed E-state index contributed by atoms with van der Waals surface area (Å²) in [5.74, 6) is 0.840. The molecule has 0 heterocycles. The first-order valence-electron chi connectivity index (χ1n) is 20.7. The van der Waals surface area contributed by atoms with Gasteiger partial charge < -0.3 is 13.6 Å². The lowest BCUT2D eigenvalue weighted by Crippen LogP contribution is -2.01. The van der Waals surface area contributed by atoms with E-state index in [4.69, 9.17) is 13.6 Å². The van der Waals surface area contributed by atoms with E-state index in [-0.39, 0.29) is 0 Å². The molecule has 0 fully saturated rings. The van der Waals surface area contributed by atoms with Crippen LogP contribution in [-0.4, -0.2) is 13.2 Å². The Hall–Kier alpha value is -0.630. The second-order valence-corrected chi connectivity index (χ2v) is 15.0. The highest BCUT2D eigenvalue weighted by molar-refractivity contribution is 7.42. The summed E-state index contributed by atoms with van der Waals surface area (Å²) in [5.41, 5.74) is 0. The molecule has 0 saturated heterocycles. The Morgan fingerprint density at radius 2 is 0.609 bits per heavy atom. The predicted molar refractivity (Wildman–Crippen MR) is 205 cm³/mol. The van der Waals surface area contributed by atoms with Crippen LogP contribution in [0, 0.1) is 0 Å². The van der Waals surface area contributed by atoms with Crippen molar-refractivity contribution in [3.8, 4) is 5.75 Å². The van der Waals surface area contributed by atoms with E-state index < -0.39 is 8.60 Å². The zero-order valence-corrected chi connectivity index (χ0v) is 32.0. The molecule has 0 spiro atoms. The molecular formula is C42H79O3P. The molecule has 0 aromatic heterocycles. The molecule has 0 saturated carbocycles. The second-order valence-electron chi connectivity index (χ2n) is 13.9. The zero-order valence-electron chi connectivity index (χ0n) is 31.1. The molecule has 1 aromatic rings. The van der Waals surface area contributed by atoms with E-state index in [1.54, 1.807) is 0 Å². The third-order valence-corrected chi connectivity index (χ3v) is 10.5. The van der Waals surface area contributed by atoms with E-state index in [9.17, 15) is 0 Å². The normalized spacial score (nSPS) is 11.5. The van der Waals surface area contributed by atoms with Gasteiger partial charge in [0.25, 0.3) is 0 Å². The highest BCUT2D eigenvalue weighted by Crippen LogP contribution is 2.41. The number of rotatable bonds is 38. The monoisotopic (exact) mass is 663 g/mol. The van der Waals surface area contributed by atoms with Crippen molar-refractivity contribution < 1.29 is 13.6 Å². The Kier molecular flexibility index (Phi) is 35.1. The second kappa shape index (κ2) is 37.2. The van der Waals surface area contributed by atoms with Crippen molar-refractivity contribution in [1.29, 1.82) is 0 Å². The van der Waals surface area contributed by atoms with E-state index in [2.05, 4.69) is 13.8 Å². The van der Waals surface area contributed by atoms with Gasteiger partial charge in [0.15, 0.2) is 0 Å². The lowest BCUT2D eigenvalue weighted by Gasteiger charge is -2.17. The molecular weight excluding hydrogens is 583 g/mol. The number of benzene rings is 1. The van der Waals surface area contributed by atoms with Crippen molar-refractivity contribution in [3.63, 3.8) is 0 Å². The van der Waals surface area contributed by atoms with Gasteiger partial charge in [-0.05, 0) is 25.0 Å². The van der Waals surface area contributed by atoms with Crippen LogP contribution in [0.2, 0.25) is 0 Å². The minimum atomic E-state index is -1.32. The molecule has 0 aliphatic heterocycles. The number of hydrogen-bond donors (Lipinski definition) is 0. The molecule has 4 heteroatoms. The molecule has 46 heavy (non-hydrogen) atoms. The summed E-state index contributed by atoms with van der Waals surface area (Å²) >= 11 is 0. The van der Waals surface area contributed by atoms with Crippen LogP contribution >= 0.6 is 8.60 Å². The molecule has 0 N–H and O–H groups in total. The van der Waals surface area contributed by atoms with E-state index >= 15 is 0 Å². The summed E-state index contributed by atoms with van der Waals surface area (Å²) in [6.45, 7) is 6.06. The number of hydrogen-bond acceptors (Lipinski definition) is 3. The molecule has 3 nitrogen and oxygen atoms in total. The van der Waals surface area contributed by atoms with E-state index in [0.29, 0.717) is 0 Å². The fraction of sp³-hybridized carbons (Fsp3) is 0.857. The van der Waals surface area contributed by atoms with Crippen LogP contribution in [0.25, 0.3) is 0 Å². The van der Waals surface area contributed by atoms with E-state index in [0.717, 1.165) is 31.8 Å². The third kappa shape index (κ3) is 31.9. The van der Waals surface area contributed by atoms with Crippen LogP contribution in [0.15, 0.2) is 30.3 Å². The molecule has 0 aliphatic carbocycles. The Morgan fingerprint density at radius 1 is 0.348 bits per heavy atom. The molecule has 0 aliphatic rings. The van der Waals surface area contributed by atoms with Gasteiger partial charge in [-0.1, -0.05) is 225 Å². The Bertz CT molecular complexity index is 647. The average molecular weight is 663 g/mol. The third-order valence-electron chi connectivity index (χ3n) is 9.31. The highest BCUT2D eigenvalue weighted by atomic mass is 31.2. The van der Waals surface area contributed by atoms with Gasteiger partial charge in [0.05, 0.1) is 13.2 Å². The van der Waals surface area contributed by atoms with Gasteiger partial charge in [0, 0.05) is 0 Å². The fourth-order valence-electron chi connectivity index (χ4n) is 6.24. The minimum Gasteiger partial charge on any atom is -0.427 e. The van der Waals surface area contributed by atoms with Gasteiger partial charge in [0.1, 0.15) is 5.75 Å². The Morgan fingerprint density at radius 3 is 0.891 bits per heavy atom. The molecule has 1 aromatic carbocycles. The van der Waals surface area contributed by atoms with Gasteiger partial charge in [-0.3, -0.25) is 0 Å². The van der Waals surface area contributed by atoms with Gasteiger partial charge in [-0.25, -0.2) is 0 Å². The lowest BCUT2D eigenvalue weighted by atomic mass is 10.0. The first-order chi connectivity index (χ1) is 22.9. The Labute approximate surface area is 290 Å². The maximum Gasteiger partial charge on any atom is 0.397 e. The molecule has 0 unspecified atom stereocenters. The molecule has 270 valence electrons. The summed E-state index contributed by atoms with van der Waals surface area (Å²) in [6, 6.07) is 10.0. The average Bonchev–Trinajstić information content (AvgIpc) is 3.07. The van der Waals surface area contributed by atoms with Crippen LogP contribution in [0.1, 0.15) is 219 Å². The fourth-order valence-corrected chi connectivity index (χ4v) is 7.27. The Balaban J connectivity index is 1.96.